The maximum Gasteiger partial charge on any atom is 0.129 e. The van der Waals surface area contributed by atoms with Crippen LogP contribution in [0.15, 0.2) is 18.2 Å². The summed E-state index contributed by atoms with van der Waals surface area (Å²) < 4.78 is 13.6. The second-order valence-corrected chi connectivity index (χ2v) is 4.52. The number of hydrogen-bond acceptors (Lipinski definition) is 2. The van der Waals surface area contributed by atoms with Crippen LogP contribution in [0.5, 0.6) is 0 Å². The summed E-state index contributed by atoms with van der Waals surface area (Å²) in [6.07, 6.45) is 1.97. The smallest absolute Gasteiger partial charge is 0.129 e. The summed E-state index contributed by atoms with van der Waals surface area (Å²) in [5.74, 6) is 0.696. The van der Waals surface area contributed by atoms with E-state index in [0.717, 1.165) is 36.1 Å². The Bertz CT molecular complexity index is 564. The second-order valence-electron chi connectivity index (χ2n) is 4.52. The van der Waals surface area contributed by atoms with E-state index in [0.29, 0.717) is 5.56 Å². The number of pyridine rings is 1. The average Bonchev–Trinajstić information content (AvgIpc) is 2.40. The number of rotatable bonds is 4. The van der Waals surface area contributed by atoms with E-state index in [2.05, 4.69) is 30.2 Å². The van der Waals surface area contributed by atoms with Gasteiger partial charge in [0.2, 0.25) is 0 Å². The van der Waals surface area contributed by atoms with Crippen LogP contribution in [-0.2, 0) is 6.42 Å². The molecule has 2 rings (SSSR count). The zero-order valence-corrected chi connectivity index (χ0v) is 11.2. The predicted octanol–water partition coefficient (Wildman–Crippen LogP) is 4.07. The summed E-state index contributed by atoms with van der Waals surface area (Å²) in [7, 11) is 0. The number of nitrogens with one attached hydrogen (secondary N) is 1. The fraction of sp³-hybridized carbons (Fsp3) is 0.400. The van der Waals surface area contributed by atoms with Crippen molar-refractivity contribution in [3.63, 3.8) is 0 Å². The highest BCUT2D eigenvalue weighted by molar-refractivity contribution is 5.84. The Morgan fingerprint density at radius 3 is 2.72 bits per heavy atom. The number of nitrogens with zero attached hydrogens (tertiary/aromatic N) is 1. The molecule has 1 N–H and O–H groups in total. The number of anilines is 1. The monoisotopic (exact) mass is 246 g/mol. The van der Waals surface area contributed by atoms with E-state index in [1.165, 1.54) is 11.6 Å². The minimum Gasteiger partial charge on any atom is -0.370 e. The SMILES string of the molecule is CCCNc1nc2c(C)c(F)ccc2cc1CC. The number of hydrogen-bond donors (Lipinski definition) is 1. The van der Waals surface area contributed by atoms with Gasteiger partial charge in [-0.3, -0.25) is 0 Å². The molecule has 96 valence electrons. The maximum absolute atomic E-state index is 13.6. The van der Waals surface area contributed by atoms with E-state index < -0.39 is 0 Å². The zero-order valence-electron chi connectivity index (χ0n) is 11.2. The van der Waals surface area contributed by atoms with Crippen LogP contribution in [0, 0.1) is 12.7 Å². The van der Waals surface area contributed by atoms with Gasteiger partial charge in [0.25, 0.3) is 0 Å². The van der Waals surface area contributed by atoms with Gasteiger partial charge in [0.05, 0.1) is 5.52 Å². The molecule has 18 heavy (non-hydrogen) atoms. The number of aromatic nitrogens is 1. The fourth-order valence-corrected chi connectivity index (χ4v) is 2.07. The molecule has 0 atom stereocenters. The number of fused-ring (bicyclic) bond motifs is 1. The van der Waals surface area contributed by atoms with E-state index in [1.807, 2.05) is 0 Å². The lowest BCUT2D eigenvalue weighted by Gasteiger charge is -2.12. The summed E-state index contributed by atoms with van der Waals surface area (Å²) in [4.78, 5) is 4.59. The van der Waals surface area contributed by atoms with Gasteiger partial charge in [-0.1, -0.05) is 13.8 Å². The molecule has 0 unspecified atom stereocenters. The van der Waals surface area contributed by atoms with Gasteiger partial charge in [-0.15, -0.1) is 0 Å². The van der Waals surface area contributed by atoms with Crippen LogP contribution in [0.25, 0.3) is 10.9 Å². The highest BCUT2D eigenvalue weighted by Crippen LogP contribution is 2.24. The molecule has 0 amide bonds. The molecule has 0 spiro atoms. The van der Waals surface area contributed by atoms with Crippen LogP contribution in [0.2, 0.25) is 0 Å². The number of benzene rings is 1. The first kappa shape index (κ1) is 12.8. The van der Waals surface area contributed by atoms with Gasteiger partial charge < -0.3 is 5.32 Å². The molecule has 1 heterocycles. The van der Waals surface area contributed by atoms with Crippen LogP contribution < -0.4 is 5.32 Å². The van der Waals surface area contributed by atoms with Crippen molar-refractivity contribution < 1.29 is 4.39 Å². The van der Waals surface area contributed by atoms with Crippen LogP contribution in [0.4, 0.5) is 10.2 Å². The zero-order chi connectivity index (χ0) is 13.1. The highest BCUT2D eigenvalue weighted by atomic mass is 19.1. The minimum atomic E-state index is -0.194. The topological polar surface area (TPSA) is 24.9 Å². The van der Waals surface area contributed by atoms with Crippen molar-refractivity contribution in [2.45, 2.75) is 33.6 Å². The van der Waals surface area contributed by atoms with Crippen molar-refractivity contribution in [1.82, 2.24) is 4.98 Å². The second kappa shape index (κ2) is 5.34. The molecule has 0 radical (unpaired) electrons. The largest absolute Gasteiger partial charge is 0.370 e. The third kappa shape index (κ3) is 2.30. The normalized spacial score (nSPS) is 10.9. The Labute approximate surface area is 107 Å². The van der Waals surface area contributed by atoms with Crippen LogP contribution >= 0.6 is 0 Å². The first-order valence-electron chi connectivity index (χ1n) is 6.50. The van der Waals surface area contributed by atoms with Crippen molar-refractivity contribution >= 4 is 16.7 Å². The molecule has 0 aliphatic carbocycles. The molecular weight excluding hydrogens is 227 g/mol. The van der Waals surface area contributed by atoms with Crippen molar-refractivity contribution in [2.75, 3.05) is 11.9 Å². The Morgan fingerprint density at radius 2 is 2.06 bits per heavy atom. The van der Waals surface area contributed by atoms with E-state index in [4.69, 9.17) is 0 Å². The fourth-order valence-electron chi connectivity index (χ4n) is 2.07. The van der Waals surface area contributed by atoms with Gasteiger partial charge in [0, 0.05) is 17.5 Å². The van der Waals surface area contributed by atoms with Gasteiger partial charge in [-0.25, -0.2) is 9.37 Å². The van der Waals surface area contributed by atoms with Crippen molar-refractivity contribution in [1.29, 1.82) is 0 Å². The standard InChI is InChI=1S/C15H19FN2/c1-4-8-17-15-11(5-2)9-12-6-7-13(16)10(3)14(12)18-15/h6-7,9H,4-5,8H2,1-3H3,(H,17,18). The lowest BCUT2D eigenvalue weighted by atomic mass is 10.1. The van der Waals surface area contributed by atoms with Gasteiger partial charge in [-0.05, 0) is 43.5 Å². The van der Waals surface area contributed by atoms with Crippen LogP contribution in [0.1, 0.15) is 31.4 Å². The highest BCUT2D eigenvalue weighted by Gasteiger charge is 2.09. The molecule has 2 nitrogen and oxygen atoms in total. The van der Waals surface area contributed by atoms with E-state index in [9.17, 15) is 4.39 Å². The van der Waals surface area contributed by atoms with Gasteiger partial charge in [0.15, 0.2) is 0 Å². The molecule has 2 aromatic rings. The third-order valence-electron chi connectivity index (χ3n) is 3.18. The van der Waals surface area contributed by atoms with Crippen molar-refractivity contribution in [3.8, 4) is 0 Å². The molecule has 0 aliphatic rings. The van der Waals surface area contributed by atoms with Crippen LogP contribution in [0.3, 0.4) is 0 Å². The molecule has 1 aromatic carbocycles. The summed E-state index contributed by atoms with van der Waals surface area (Å²) in [6, 6.07) is 5.41. The quantitative estimate of drug-likeness (QED) is 0.879. The van der Waals surface area contributed by atoms with Crippen molar-refractivity contribution in [3.05, 3.63) is 35.1 Å². The Kier molecular flexibility index (Phi) is 3.80. The molecule has 3 heteroatoms. The van der Waals surface area contributed by atoms with Gasteiger partial charge >= 0.3 is 0 Å². The summed E-state index contributed by atoms with van der Waals surface area (Å²) >= 11 is 0. The molecule has 0 saturated carbocycles. The van der Waals surface area contributed by atoms with Gasteiger partial charge in [-0.2, -0.15) is 0 Å². The first-order chi connectivity index (χ1) is 8.67. The summed E-state index contributed by atoms with van der Waals surface area (Å²) in [6.45, 7) is 6.89. The van der Waals surface area contributed by atoms with E-state index in [1.54, 1.807) is 13.0 Å². The van der Waals surface area contributed by atoms with E-state index in [-0.39, 0.29) is 5.82 Å². The molecule has 0 bridgehead atoms. The Morgan fingerprint density at radius 1 is 1.28 bits per heavy atom. The van der Waals surface area contributed by atoms with Crippen LogP contribution in [-0.4, -0.2) is 11.5 Å². The molecule has 1 aromatic heterocycles. The first-order valence-corrected chi connectivity index (χ1v) is 6.50. The average molecular weight is 246 g/mol. The lowest BCUT2D eigenvalue weighted by molar-refractivity contribution is 0.620. The summed E-state index contributed by atoms with van der Waals surface area (Å²) in [5, 5.41) is 4.33. The number of halogens is 1. The number of aryl methyl sites for hydroxylation is 2. The Hall–Kier alpha value is -1.64. The molecule has 0 saturated heterocycles. The molecule has 0 aliphatic heterocycles. The maximum atomic E-state index is 13.6. The van der Waals surface area contributed by atoms with Crippen molar-refractivity contribution in [2.24, 2.45) is 0 Å². The third-order valence-corrected chi connectivity index (χ3v) is 3.18. The Balaban J connectivity index is 2.58. The molecule has 0 fully saturated rings. The van der Waals surface area contributed by atoms with Gasteiger partial charge in [0.1, 0.15) is 11.6 Å². The predicted molar refractivity (Wildman–Crippen MR) is 74.6 cm³/mol. The summed E-state index contributed by atoms with van der Waals surface area (Å²) in [5.41, 5.74) is 2.56. The van der Waals surface area contributed by atoms with E-state index >= 15 is 0 Å². The molecular formula is C15H19FN2. The lowest BCUT2D eigenvalue weighted by Crippen LogP contribution is -2.06. The minimum absolute atomic E-state index is 0.194.